The SMILES string of the molecule is CCOc1ccc(/C=C/C(=O)N(c2ccc(OC)c(Cl)c2)S(=O)(=O)c2ccc(C)cc2)cc1. The van der Waals surface area contributed by atoms with Gasteiger partial charge in [0.05, 0.1) is 29.3 Å². The van der Waals surface area contributed by atoms with Crippen LogP contribution in [0.4, 0.5) is 5.69 Å². The topological polar surface area (TPSA) is 72.9 Å². The minimum atomic E-state index is -4.21. The molecule has 8 heteroatoms. The summed E-state index contributed by atoms with van der Waals surface area (Å²) in [6, 6.07) is 17.7. The Bertz CT molecular complexity index is 1250. The molecule has 3 rings (SSSR count). The Labute approximate surface area is 199 Å². The van der Waals surface area contributed by atoms with Gasteiger partial charge in [-0.2, -0.15) is 4.31 Å². The molecule has 6 nitrogen and oxygen atoms in total. The van der Waals surface area contributed by atoms with Crippen LogP contribution >= 0.6 is 11.6 Å². The van der Waals surface area contributed by atoms with E-state index in [0.717, 1.165) is 9.87 Å². The van der Waals surface area contributed by atoms with Crippen LogP contribution in [0, 0.1) is 6.92 Å². The zero-order valence-corrected chi connectivity index (χ0v) is 20.1. The second-order valence-electron chi connectivity index (χ2n) is 7.07. The summed E-state index contributed by atoms with van der Waals surface area (Å²) < 4.78 is 38.2. The highest BCUT2D eigenvalue weighted by Crippen LogP contribution is 2.32. The van der Waals surface area contributed by atoms with Crippen LogP contribution in [0.5, 0.6) is 11.5 Å². The third-order valence-corrected chi connectivity index (χ3v) is 6.77. The van der Waals surface area contributed by atoms with Crippen LogP contribution in [0.2, 0.25) is 5.02 Å². The first-order chi connectivity index (χ1) is 15.8. The van der Waals surface area contributed by atoms with Crippen molar-refractivity contribution in [3.05, 3.63) is 89.0 Å². The number of aryl methyl sites for hydroxylation is 1. The lowest BCUT2D eigenvalue weighted by molar-refractivity contribution is -0.113. The zero-order valence-electron chi connectivity index (χ0n) is 18.5. The molecule has 0 atom stereocenters. The quantitative estimate of drug-likeness (QED) is 0.394. The summed E-state index contributed by atoms with van der Waals surface area (Å²) in [5.41, 5.74) is 1.71. The number of methoxy groups -OCH3 is 1. The van der Waals surface area contributed by atoms with Crippen LogP contribution in [0.1, 0.15) is 18.1 Å². The predicted octanol–water partition coefficient (Wildman–Crippen LogP) is 5.49. The first kappa shape index (κ1) is 24.4. The Hall–Kier alpha value is -3.29. The van der Waals surface area contributed by atoms with Gasteiger partial charge in [-0.1, -0.05) is 41.4 Å². The summed E-state index contributed by atoms with van der Waals surface area (Å²) in [4.78, 5) is 13.2. The second-order valence-corrected chi connectivity index (χ2v) is 9.27. The monoisotopic (exact) mass is 485 g/mol. The van der Waals surface area contributed by atoms with Crippen molar-refractivity contribution in [2.45, 2.75) is 18.7 Å². The van der Waals surface area contributed by atoms with Gasteiger partial charge in [-0.3, -0.25) is 4.79 Å². The van der Waals surface area contributed by atoms with Gasteiger partial charge in [0.25, 0.3) is 15.9 Å². The molecule has 0 aliphatic rings. The van der Waals surface area contributed by atoms with E-state index in [4.69, 9.17) is 21.1 Å². The van der Waals surface area contributed by atoms with Crippen molar-refractivity contribution >= 4 is 39.3 Å². The van der Waals surface area contributed by atoms with E-state index in [1.807, 2.05) is 13.8 Å². The van der Waals surface area contributed by atoms with Gasteiger partial charge in [0.1, 0.15) is 11.5 Å². The van der Waals surface area contributed by atoms with Crippen molar-refractivity contribution < 1.29 is 22.7 Å². The van der Waals surface area contributed by atoms with Gasteiger partial charge < -0.3 is 9.47 Å². The van der Waals surface area contributed by atoms with Crippen molar-refractivity contribution in [1.82, 2.24) is 0 Å². The van der Waals surface area contributed by atoms with Crippen LogP contribution in [0.3, 0.4) is 0 Å². The minimum absolute atomic E-state index is 0.0112. The van der Waals surface area contributed by atoms with Gasteiger partial charge in [-0.05, 0) is 68.0 Å². The average molecular weight is 486 g/mol. The first-order valence-electron chi connectivity index (χ1n) is 10.2. The molecule has 0 spiro atoms. The molecular formula is C25H24ClNO5S. The fourth-order valence-electron chi connectivity index (χ4n) is 3.06. The van der Waals surface area contributed by atoms with E-state index < -0.39 is 15.9 Å². The third kappa shape index (κ3) is 5.74. The summed E-state index contributed by atoms with van der Waals surface area (Å²) in [6.45, 7) is 4.28. The average Bonchev–Trinajstić information content (AvgIpc) is 2.79. The molecule has 0 bridgehead atoms. The molecular weight excluding hydrogens is 462 g/mol. The van der Waals surface area contributed by atoms with E-state index in [0.29, 0.717) is 23.7 Å². The zero-order chi connectivity index (χ0) is 24.0. The fourth-order valence-corrected chi connectivity index (χ4v) is 4.69. The maximum atomic E-state index is 13.5. The molecule has 0 saturated heterocycles. The minimum Gasteiger partial charge on any atom is -0.495 e. The predicted molar refractivity (Wildman–Crippen MR) is 130 cm³/mol. The number of benzene rings is 3. The van der Waals surface area contributed by atoms with Crippen LogP contribution < -0.4 is 13.8 Å². The normalized spacial score (nSPS) is 11.4. The summed E-state index contributed by atoms with van der Waals surface area (Å²) in [5, 5.41) is 0.183. The van der Waals surface area contributed by atoms with Crippen molar-refractivity contribution in [1.29, 1.82) is 0 Å². The summed E-state index contributed by atoms with van der Waals surface area (Å²) >= 11 is 6.22. The lowest BCUT2D eigenvalue weighted by Crippen LogP contribution is -2.35. The van der Waals surface area contributed by atoms with E-state index in [1.54, 1.807) is 42.5 Å². The molecule has 3 aromatic carbocycles. The molecule has 0 aliphatic heterocycles. The number of carbonyl (C=O) groups is 1. The van der Waals surface area contributed by atoms with Gasteiger partial charge in [-0.25, -0.2) is 8.42 Å². The number of nitrogens with zero attached hydrogens (tertiary/aromatic N) is 1. The van der Waals surface area contributed by atoms with E-state index in [-0.39, 0.29) is 15.6 Å². The molecule has 0 aliphatic carbocycles. The largest absolute Gasteiger partial charge is 0.495 e. The molecule has 33 heavy (non-hydrogen) atoms. The summed E-state index contributed by atoms with van der Waals surface area (Å²) in [7, 11) is -2.76. The molecule has 3 aromatic rings. The maximum absolute atomic E-state index is 13.5. The van der Waals surface area contributed by atoms with Gasteiger partial charge in [0, 0.05) is 6.08 Å². The smallest absolute Gasteiger partial charge is 0.271 e. The van der Waals surface area contributed by atoms with Gasteiger partial charge in [-0.15, -0.1) is 0 Å². The highest BCUT2D eigenvalue weighted by Gasteiger charge is 2.30. The third-order valence-electron chi connectivity index (χ3n) is 4.74. The standard InChI is InChI=1S/C25H24ClNO5S/c1-4-32-21-11-7-19(8-12-21)9-16-25(28)27(20-10-15-24(31-3)23(26)17-20)33(29,30)22-13-5-18(2)6-14-22/h5-17H,4H2,1-3H3/b16-9+. The Morgan fingerprint density at radius 1 is 1.03 bits per heavy atom. The molecule has 0 fully saturated rings. The van der Waals surface area contributed by atoms with E-state index in [2.05, 4.69) is 0 Å². The summed E-state index contributed by atoms with van der Waals surface area (Å²) in [5.74, 6) is 0.327. The van der Waals surface area contributed by atoms with Crippen molar-refractivity contribution in [2.75, 3.05) is 18.0 Å². The van der Waals surface area contributed by atoms with E-state index in [9.17, 15) is 13.2 Å². The lowest BCUT2D eigenvalue weighted by atomic mass is 10.2. The number of rotatable bonds is 8. The van der Waals surface area contributed by atoms with Crippen molar-refractivity contribution in [3.63, 3.8) is 0 Å². The van der Waals surface area contributed by atoms with Crippen LogP contribution in [0.15, 0.2) is 77.7 Å². The Balaban J connectivity index is 2.01. The number of anilines is 1. The second kappa shape index (κ2) is 10.6. The number of hydrogen-bond acceptors (Lipinski definition) is 5. The van der Waals surface area contributed by atoms with E-state index >= 15 is 0 Å². The molecule has 0 N–H and O–H groups in total. The fraction of sp³-hybridized carbons (Fsp3) is 0.160. The molecule has 0 aromatic heterocycles. The van der Waals surface area contributed by atoms with Gasteiger partial charge >= 0.3 is 0 Å². The van der Waals surface area contributed by atoms with Crippen molar-refractivity contribution in [3.8, 4) is 11.5 Å². The van der Waals surface area contributed by atoms with Gasteiger partial charge in [0.15, 0.2) is 0 Å². The highest BCUT2D eigenvalue weighted by molar-refractivity contribution is 7.93. The molecule has 0 saturated carbocycles. The summed E-state index contributed by atoms with van der Waals surface area (Å²) in [6.07, 6.45) is 2.75. The molecule has 1 amide bonds. The van der Waals surface area contributed by atoms with Crippen molar-refractivity contribution in [2.24, 2.45) is 0 Å². The van der Waals surface area contributed by atoms with Gasteiger partial charge in [0.2, 0.25) is 0 Å². The number of ether oxygens (including phenoxy) is 2. The van der Waals surface area contributed by atoms with Crippen LogP contribution in [0.25, 0.3) is 6.08 Å². The molecule has 0 radical (unpaired) electrons. The van der Waals surface area contributed by atoms with E-state index in [1.165, 1.54) is 43.5 Å². The number of sulfonamides is 1. The molecule has 0 unspecified atom stereocenters. The highest BCUT2D eigenvalue weighted by atomic mass is 35.5. The number of hydrogen-bond donors (Lipinski definition) is 0. The molecule has 0 heterocycles. The first-order valence-corrected chi connectivity index (χ1v) is 12.0. The Morgan fingerprint density at radius 3 is 2.27 bits per heavy atom. The number of amides is 1. The molecule has 172 valence electrons. The number of carbonyl (C=O) groups excluding carboxylic acids is 1. The Morgan fingerprint density at radius 2 is 1.70 bits per heavy atom. The van der Waals surface area contributed by atoms with Crippen LogP contribution in [-0.4, -0.2) is 28.0 Å². The number of halogens is 1. The Kier molecular flexibility index (Phi) is 7.79. The lowest BCUT2D eigenvalue weighted by Gasteiger charge is -2.22. The maximum Gasteiger partial charge on any atom is 0.271 e. The van der Waals surface area contributed by atoms with Crippen LogP contribution in [-0.2, 0) is 14.8 Å².